The highest BCUT2D eigenvalue weighted by atomic mass is 16.6. The molecule has 192 valence electrons. The van der Waals surface area contributed by atoms with Crippen molar-refractivity contribution in [2.45, 2.75) is 78.3 Å². The third kappa shape index (κ3) is 8.31. The number of carbonyl (C=O) groups excluding carboxylic acids is 2. The third-order valence-electron chi connectivity index (χ3n) is 6.65. The van der Waals surface area contributed by atoms with Gasteiger partial charge in [0.05, 0.1) is 17.4 Å². The van der Waals surface area contributed by atoms with Gasteiger partial charge in [-0.1, -0.05) is 25.9 Å². The summed E-state index contributed by atoms with van der Waals surface area (Å²) < 4.78 is 11.2. The van der Waals surface area contributed by atoms with Gasteiger partial charge in [0.25, 0.3) is 0 Å². The molecule has 0 saturated carbocycles. The van der Waals surface area contributed by atoms with Crippen LogP contribution in [0.15, 0.2) is 5.16 Å². The zero-order valence-electron chi connectivity index (χ0n) is 21.7. The Morgan fingerprint density at radius 1 is 1.06 bits per heavy atom. The summed E-state index contributed by atoms with van der Waals surface area (Å²) in [6, 6.07) is 0. The lowest BCUT2D eigenvalue weighted by molar-refractivity contribution is -0.166. The summed E-state index contributed by atoms with van der Waals surface area (Å²) in [6.45, 7) is 11.5. The maximum absolute atomic E-state index is 12.9. The number of carbonyl (C=O) groups is 2. The standard InChI is InChI=1S/C24H44N2O7/c1-14-12-24(6,31-9)13-15(2)20(27)17(4)23(30)33-18(5)22(29)21(28)16(3)19(14)25-32-11-10-26(7)8/h14-18,21-22,28-29H,10-13H2,1-9H3/b25-19+/t14-,15-,16?,17?,18-,21?,22?,24-/m1/s1. The van der Waals surface area contributed by atoms with Crippen LogP contribution in [0.25, 0.3) is 0 Å². The van der Waals surface area contributed by atoms with Gasteiger partial charge in [-0.25, -0.2) is 0 Å². The van der Waals surface area contributed by atoms with Gasteiger partial charge in [-0.3, -0.25) is 9.59 Å². The van der Waals surface area contributed by atoms with E-state index < -0.39 is 47.6 Å². The van der Waals surface area contributed by atoms with E-state index in [2.05, 4.69) is 5.16 Å². The second-order valence-corrected chi connectivity index (χ2v) is 10.1. The molecule has 2 N–H and O–H groups in total. The van der Waals surface area contributed by atoms with Crippen molar-refractivity contribution in [3.05, 3.63) is 0 Å². The van der Waals surface area contributed by atoms with Gasteiger partial charge in [0.1, 0.15) is 30.5 Å². The molecule has 33 heavy (non-hydrogen) atoms. The number of Topliss-reactive ketones (excluding diaryl/α,β-unsaturated/α-hetero) is 1. The number of ketones is 1. The number of nitrogens with zero attached hydrogens (tertiary/aromatic N) is 2. The zero-order valence-corrected chi connectivity index (χ0v) is 21.7. The van der Waals surface area contributed by atoms with E-state index in [1.807, 2.05) is 32.8 Å². The molecular formula is C24H44N2O7. The van der Waals surface area contributed by atoms with Crippen molar-refractivity contribution >= 4 is 17.5 Å². The van der Waals surface area contributed by atoms with Gasteiger partial charge >= 0.3 is 5.97 Å². The largest absolute Gasteiger partial charge is 0.459 e. The number of likely N-dealkylation sites (N-methyl/N-ethyl adjacent to an activating group) is 1. The first-order chi connectivity index (χ1) is 15.2. The molecule has 0 aromatic carbocycles. The molecule has 0 radical (unpaired) electrons. The van der Waals surface area contributed by atoms with E-state index in [1.165, 1.54) is 13.8 Å². The van der Waals surface area contributed by atoms with Crippen molar-refractivity contribution in [1.29, 1.82) is 0 Å². The molecule has 1 heterocycles. The zero-order chi connectivity index (χ0) is 25.5. The van der Waals surface area contributed by atoms with Crippen LogP contribution in [-0.2, 0) is 23.9 Å². The van der Waals surface area contributed by atoms with Crippen molar-refractivity contribution < 1.29 is 34.1 Å². The molecule has 1 rings (SSSR count). The quantitative estimate of drug-likeness (QED) is 0.270. The number of hydrogen-bond donors (Lipinski definition) is 2. The third-order valence-corrected chi connectivity index (χ3v) is 6.65. The van der Waals surface area contributed by atoms with Crippen molar-refractivity contribution in [3.8, 4) is 0 Å². The lowest BCUT2D eigenvalue weighted by atomic mass is 9.77. The number of cyclic esters (lactones) is 1. The molecule has 9 nitrogen and oxygen atoms in total. The fourth-order valence-electron chi connectivity index (χ4n) is 4.36. The normalized spacial score (nSPS) is 38.8. The van der Waals surface area contributed by atoms with Gasteiger partial charge in [0.2, 0.25) is 0 Å². The first kappa shape index (κ1) is 29.5. The van der Waals surface area contributed by atoms with Crippen LogP contribution in [0.4, 0.5) is 0 Å². The van der Waals surface area contributed by atoms with Crippen LogP contribution in [0.1, 0.15) is 54.4 Å². The molecule has 4 unspecified atom stereocenters. The van der Waals surface area contributed by atoms with Crippen LogP contribution >= 0.6 is 0 Å². The summed E-state index contributed by atoms with van der Waals surface area (Å²) in [5.74, 6) is -3.13. The molecule has 0 aromatic heterocycles. The molecule has 0 aliphatic carbocycles. The minimum atomic E-state index is -1.36. The second-order valence-electron chi connectivity index (χ2n) is 10.1. The summed E-state index contributed by atoms with van der Waals surface area (Å²) in [6.07, 6.45) is -2.70. The van der Waals surface area contributed by atoms with Crippen molar-refractivity contribution in [1.82, 2.24) is 4.90 Å². The molecule has 8 atom stereocenters. The monoisotopic (exact) mass is 472 g/mol. The maximum atomic E-state index is 12.9. The van der Waals surface area contributed by atoms with Crippen LogP contribution < -0.4 is 0 Å². The number of methoxy groups -OCH3 is 1. The fourth-order valence-corrected chi connectivity index (χ4v) is 4.36. The first-order valence-electron chi connectivity index (χ1n) is 11.7. The van der Waals surface area contributed by atoms with E-state index in [0.29, 0.717) is 31.7 Å². The lowest BCUT2D eigenvalue weighted by Gasteiger charge is -2.36. The minimum Gasteiger partial charge on any atom is -0.459 e. The van der Waals surface area contributed by atoms with Crippen LogP contribution in [0, 0.1) is 23.7 Å². The Labute approximate surface area is 198 Å². The molecule has 1 aliphatic heterocycles. The van der Waals surface area contributed by atoms with Crippen LogP contribution in [0.3, 0.4) is 0 Å². The maximum Gasteiger partial charge on any atom is 0.316 e. The Kier molecular flexibility index (Phi) is 11.4. The summed E-state index contributed by atoms with van der Waals surface area (Å²) in [5.41, 5.74) is -0.102. The smallest absolute Gasteiger partial charge is 0.316 e. The van der Waals surface area contributed by atoms with Crippen molar-refractivity contribution in [2.75, 3.05) is 34.4 Å². The van der Waals surface area contributed by atoms with Gasteiger partial charge in [-0.05, 0) is 47.7 Å². The Balaban J connectivity index is 3.36. The van der Waals surface area contributed by atoms with E-state index in [4.69, 9.17) is 14.3 Å². The Morgan fingerprint density at radius 2 is 1.64 bits per heavy atom. The molecule has 0 bridgehead atoms. The van der Waals surface area contributed by atoms with Crippen LogP contribution in [0.2, 0.25) is 0 Å². The van der Waals surface area contributed by atoms with E-state index in [1.54, 1.807) is 21.0 Å². The molecule has 0 amide bonds. The number of rotatable bonds is 5. The van der Waals surface area contributed by atoms with Gasteiger partial charge < -0.3 is 29.4 Å². The van der Waals surface area contributed by atoms with Crippen molar-refractivity contribution in [2.24, 2.45) is 28.8 Å². The summed E-state index contributed by atoms with van der Waals surface area (Å²) in [5, 5.41) is 26.0. The van der Waals surface area contributed by atoms with Gasteiger partial charge in [-0.2, -0.15) is 0 Å². The Morgan fingerprint density at radius 3 is 2.18 bits per heavy atom. The highest BCUT2D eigenvalue weighted by molar-refractivity contribution is 5.99. The minimum absolute atomic E-state index is 0.174. The number of aliphatic hydroxyl groups excluding tert-OH is 2. The average Bonchev–Trinajstić information content (AvgIpc) is 2.75. The van der Waals surface area contributed by atoms with Crippen LogP contribution in [0.5, 0.6) is 0 Å². The van der Waals surface area contributed by atoms with Gasteiger partial charge in [-0.15, -0.1) is 0 Å². The van der Waals surface area contributed by atoms with E-state index >= 15 is 0 Å². The van der Waals surface area contributed by atoms with E-state index in [0.717, 1.165) is 0 Å². The Hall–Kier alpha value is -1.55. The first-order valence-corrected chi connectivity index (χ1v) is 11.7. The lowest BCUT2D eigenvalue weighted by Crippen LogP contribution is -2.47. The highest BCUT2D eigenvalue weighted by Gasteiger charge is 2.40. The Bertz CT molecular complexity index is 684. The number of esters is 1. The van der Waals surface area contributed by atoms with E-state index in [9.17, 15) is 19.8 Å². The van der Waals surface area contributed by atoms with E-state index in [-0.39, 0.29) is 11.7 Å². The predicted octanol–water partition coefficient (Wildman–Crippen LogP) is 1.89. The van der Waals surface area contributed by atoms with Crippen molar-refractivity contribution in [3.63, 3.8) is 0 Å². The van der Waals surface area contributed by atoms with Crippen LogP contribution in [-0.4, -0.2) is 90.8 Å². The van der Waals surface area contributed by atoms with Gasteiger partial charge in [0.15, 0.2) is 0 Å². The SMILES string of the molecule is CO[C@@]1(C)C[C@@H](C)C(=O)C(C)C(=O)O[C@H](C)C(O)C(O)C(C)/C(=N/OCCN(C)C)[C@H](C)C1. The van der Waals surface area contributed by atoms with Gasteiger partial charge in [0, 0.05) is 31.4 Å². The summed E-state index contributed by atoms with van der Waals surface area (Å²) in [7, 11) is 5.46. The number of hydrogen-bond acceptors (Lipinski definition) is 9. The molecule has 0 aromatic rings. The molecule has 1 aliphatic rings. The summed E-state index contributed by atoms with van der Waals surface area (Å²) >= 11 is 0. The molecule has 1 saturated heterocycles. The molecule has 1 fully saturated rings. The fraction of sp³-hybridized carbons (Fsp3) is 0.875. The number of aliphatic hydroxyl groups is 2. The predicted molar refractivity (Wildman–Crippen MR) is 126 cm³/mol. The number of oxime groups is 1. The number of ether oxygens (including phenoxy) is 2. The summed E-state index contributed by atoms with van der Waals surface area (Å²) in [4.78, 5) is 33.0. The average molecular weight is 473 g/mol. The second kappa shape index (κ2) is 12.8. The topological polar surface area (TPSA) is 118 Å². The molecule has 0 spiro atoms. The highest BCUT2D eigenvalue weighted by Crippen LogP contribution is 2.32. The molecular weight excluding hydrogens is 428 g/mol. The molecule has 9 heteroatoms.